The molecular weight excluding hydrogens is 232 g/mol. The van der Waals surface area contributed by atoms with Crippen molar-refractivity contribution in [3.63, 3.8) is 0 Å². The standard InChI is InChI=1S/C14H13ClN2/c15-11-6-7-13-12(8-11)14(17-9-16-13)10-4-2-1-3-5-10/h1-8,14,16-17H,9H2/t14-/m0/s1. The molecule has 0 amide bonds. The Hall–Kier alpha value is -1.51. The lowest BCUT2D eigenvalue weighted by Crippen LogP contribution is -2.33. The summed E-state index contributed by atoms with van der Waals surface area (Å²) in [7, 11) is 0. The fraction of sp³-hybridized carbons (Fsp3) is 0.143. The first kappa shape index (κ1) is 10.6. The van der Waals surface area contributed by atoms with Crippen molar-refractivity contribution in [2.75, 3.05) is 12.0 Å². The molecule has 2 N–H and O–H groups in total. The zero-order valence-corrected chi connectivity index (χ0v) is 10.0. The van der Waals surface area contributed by atoms with E-state index in [1.165, 1.54) is 11.1 Å². The van der Waals surface area contributed by atoms with Crippen molar-refractivity contribution in [2.45, 2.75) is 6.04 Å². The molecule has 2 aromatic carbocycles. The van der Waals surface area contributed by atoms with Crippen LogP contribution in [0.2, 0.25) is 5.02 Å². The number of hydrogen-bond acceptors (Lipinski definition) is 2. The molecule has 3 heteroatoms. The fourth-order valence-corrected chi connectivity index (χ4v) is 2.42. The van der Waals surface area contributed by atoms with E-state index in [0.717, 1.165) is 17.4 Å². The summed E-state index contributed by atoms with van der Waals surface area (Å²) in [4.78, 5) is 0. The third kappa shape index (κ3) is 2.02. The molecule has 0 fully saturated rings. The Morgan fingerprint density at radius 3 is 2.71 bits per heavy atom. The Balaban J connectivity index is 2.08. The lowest BCUT2D eigenvalue weighted by atomic mass is 9.96. The maximum absolute atomic E-state index is 6.07. The number of halogens is 1. The summed E-state index contributed by atoms with van der Waals surface area (Å²) in [6.45, 7) is 0.772. The van der Waals surface area contributed by atoms with Crippen LogP contribution >= 0.6 is 11.6 Å². The van der Waals surface area contributed by atoms with Crippen molar-refractivity contribution >= 4 is 17.3 Å². The summed E-state index contributed by atoms with van der Waals surface area (Å²) in [5.74, 6) is 0. The van der Waals surface area contributed by atoms with E-state index in [1.54, 1.807) is 0 Å². The Morgan fingerprint density at radius 1 is 1.06 bits per heavy atom. The average Bonchev–Trinajstić information content (AvgIpc) is 2.39. The fourth-order valence-electron chi connectivity index (χ4n) is 2.23. The van der Waals surface area contributed by atoms with Gasteiger partial charge in [0.1, 0.15) is 0 Å². The average molecular weight is 245 g/mol. The highest BCUT2D eigenvalue weighted by molar-refractivity contribution is 6.30. The van der Waals surface area contributed by atoms with Crippen LogP contribution in [-0.4, -0.2) is 6.67 Å². The summed E-state index contributed by atoms with van der Waals surface area (Å²) in [6.07, 6.45) is 0. The van der Waals surface area contributed by atoms with E-state index < -0.39 is 0 Å². The summed E-state index contributed by atoms with van der Waals surface area (Å²) < 4.78 is 0. The molecule has 1 aliphatic heterocycles. The number of hydrogen-bond donors (Lipinski definition) is 2. The topological polar surface area (TPSA) is 24.1 Å². The van der Waals surface area contributed by atoms with E-state index >= 15 is 0 Å². The van der Waals surface area contributed by atoms with Gasteiger partial charge in [-0.15, -0.1) is 0 Å². The van der Waals surface area contributed by atoms with Gasteiger partial charge in [0.2, 0.25) is 0 Å². The number of rotatable bonds is 1. The van der Waals surface area contributed by atoms with Gasteiger partial charge < -0.3 is 5.32 Å². The minimum atomic E-state index is 0.214. The molecule has 0 aromatic heterocycles. The van der Waals surface area contributed by atoms with Crippen LogP contribution < -0.4 is 10.6 Å². The minimum Gasteiger partial charge on any atom is -0.372 e. The molecule has 0 saturated carbocycles. The largest absolute Gasteiger partial charge is 0.372 e. The molecule has 1 heterocycles. The highest BCUT2D eigenvalue weighted by Gasteiger charge is 2.20. The van der Waals surface area contributed by atoms with Crippen molar-refractivity contribution in [1.82, 2.24) is 5.32 Å². The molecule has 0 bridgehead atoms. The van der Waals surface area contributed by atoms with Crippen LogP contribution in [0, 0.1) is 0 Å². The third-order valence-electron chi connectivity index (χ3n) is 3.04. The zero-order valence-electron chi connectivity index (χ0n) is 9.28. The molecule has 86 valence electrons. The lowest BCUT2D eigenvalue weighted by molar-refractivity contribution is 0.616. The van der Waals surface area contributed by atoms with Crippen LogP contribution in [0.4, 0.5) is 5.69 Å². The van der Waals surface area contributed by atoms with Crippen LogP contribution in [0.3, 0.4) is 0 Å². The second-order valence-corrected chi connectivity index (χ2v) is 4.57. The van der Waals surface area contributed by atoms with Gasteiger partial charge in [-0.2, -0.15) is 0 Å². The van der Waals surface area contributed by atoms with Gasteiger partial charge in [-0.25, -0.2) is 0 Å². The lowest BCUT2D eigenvalue weighted by Gasteiger charge is -2.28. The Morgan fingerprint density at radius 2 is 1.88 bits per heavy atom. The van der Waals surface area contributed by atoms with Gasteiger partial charge in [0.05, 0.1) is 12.7 Å². The Kier molecular flexibility index (Phi) is 2.75. The van der Waals surface area contributed by atoms with E-state index in [0.29, 0.717) is 0 Å². The van der Waals surface area contributed by atoms with Crippen molar-refractivity contribution < 1.29 is 0 Å². The molecule has 0 spiro atoms. The highest BCUT2D eigenvalue weighted by atomic mass is 35.5. The number of anilines is 1. The first-order chi connectivity index (χ1) is 8.34. The van der Waals surface area contributed by atoms with Crippen LogP contribution in [0.25, 0.3) is 0 Å². The number of fused-ring (bicyclic) bond motifs is 1. The number of nitrogens with one attached hydrogen (secondary N) is 2. The van der Waals surface area contributed by atoms with Crippen LogP contribution in [0.1, 0.15) is 17.2 Å². The predicted molar refractivity (Wildman–Crippen MR) is 71.4 cm³/mol. The summed E-state index contributed by atoms with van der Waals surface area (Å²) >= 11 is 6.07. The molecule has 1 aliphatic rings. The van der Waals surface area contributed by atoms with E-state index in [2.05, 4.69) is 34.9 Å². The molecule has 2 aromatic rings. The Labute approximate surface area is 106 Å². The maximum Gasteiger partial charge on any atom is 0.0660 e. The van der Waals surface area contributed by atoms with Crippen LogP contribution in [0.15, 0.2) is 48.5 Å². The van der Waals surface area contributed by atoms with E-state index in [1.807, 2.05) is 24.3 Å². The van der Waals surface area contributed by atoms with E-state index in [-0.39, 0.29) is 6.04 Å². The molecule has 0 unspecified atom stereocenters. The third-order valence-corrected chi connectivity index (χ3v) is 3.28. The first-order valence-electron chi connectivity index (χ1n) is 5.66. The van der Waals surface area contributed by atoms with E-state index in [9.17, 15) is 0 Å². The summed E-state index contributed by atoms with van der Waals surface area (Å²) in [5.41, 5.74) is 3.62. The zero-order chi connectivity index (χ0) is 11.7. The molecular formula is C14H13ClN2. The summed E-state index contributed by atoms with van der Waals surface area (Å²) in [5, 5.41) is 7.54. The molecule has 0 aliphatic carbocycles. The SMILES string of the molecule is Clc1ccc2c(c1)[C@H](c1ccccc1)NCN2. The van der Waals surface area contributed by atoms with Crippen molar-refractivity contribution in [3.8, 4) is 0 Å². The van der Waals surface area contributed by atoms with Gasteiger partial charge in [-0.1, -0.05) is 41.9 Å². The van der Waals surface area contributed by atoms with Crippen LogP contribution in [-0.2, 0) is 0 Å². The van der Waals surface area contributed by atoms with Crippen molar-refractivity contribution in [3.05, 3.63) is 64.7 Å². The Bertz CT molecular complexity index is 525. The van der Waals surface area contributed by atoms with Crippen LogP contribution in [0.5, 0.6) is 0 Å². The quantitative estimate of drug-likeness (QED) is 0.804. The predicted octanol–water partition coefficient (Wildman–Crippen LogP) is 3.40. The molecule has 0 saturated heterocycles. The van der Waals surface area contributed by atoms with Gasteiger partial charge in [-0.3, -0.25) is 5.32 Å². The van der Waals surface area contributed by atoms with Gasteiger partial charge >= 0.3 is 0 Å². The van der Waals surface area contributed by atoms with Gasteiger partial charge in [0.15, 0.2) is 0 Å². The second kappa shape index (κ2) is 4.40. The van der Waals surface area contributed by atoms with Gasteiger partial charge in [-0.05, 0) is 29.3 Å². The maximum atomic E-state index is 6.07. The van der Waals surface area contributed by atoms with Gasteiger partial charge in [0, 0.05) is 10.7 Å². The van der Waals surface area contributed by atoms with Gasteiger partial charge in [0.25, 0.3) is 0 Å². The molecule has 1 atom stereocenters. The smallest absolute Gasteiger partial charge is 0.0660 e. The normalized spacial score (nSPS) is 18.3. The monoisotopic (exact) mass is 244 g/mol. The molecule has 0 radical (unpaired) electrons. The number of benzene rings is 2. The molecule has 3 rings (SSSR count). The molecule has 2 nitrogen and oxygen atoms in total. The second-order valence-electron chi connectivity index (χ2n) is 4.13. The van der Waals surface area contributed by atoms with E-state index in [4.69, 9.17) is 11.6 Å². The minimum absolute atomic E-state index is 0.214. The highest BCUT2D eigenvalue weighted by Crippen LogP contribution is 2.32. The van der Waals surface area contributed by atoms with Crippen molar-refractivity contribution in [1.29, 1.82) is 0 Å². The summed E-state index contributed by atoms with van der Waals surface area (Å²) in [6, 6.07) is 16.6. The molecule has 17 heavy (non-hydrogen) atoms. The first-order valence-corrected chi connectivity index (χ1v) is 6.04. The van der Waals surface area contributed by atoms with Crippen molar-refractivity contribution in [2.24, 2.45) is 0 Å².